The molecule has 0 aromatic heterocycles. The van der Waals surface area contributed by atoms with Crippen molar-refractivity contribution in [2.75, 3.05) is 26.3 Å². The van der Waals surface area contributed by atoms with Gasteiger partial charge in [0, 0.05) is 25.2 Å². The molecular weight excluding hydrogens is 238 g/mol. The maximum atomic E-state index is 11.4. The summed E-state index contributed by atoms with van der Waals surface area (Å²) in [6, 6.07) is 0. The Balaban J connectivity index is 2.50. The van der Waals surface area contributed by atoms with Gasteiger partial charge in [-0.05, 0) is 6.42 Å². The van der Waals surface area contributed by atoms with E-state index in [0.29, 0.717) is 13.2 Å². The number of carboxylic acids is 1. The third-order valence-electron chi connectivity index (χ3n) is 2.60. The molecule has 0 radical (unpaired) electrons. The number of ether oxygens (including phenoxy) is 2. The maximum absolute atomic E-state index is 11.4. The van der Waals surface area contributed by atoms with Gasteiger partial charge in [-0.1, -0.05) is 13.3 Å². The lowest BCUT2D eigenvalue weighted by molar-refractivity contribution is -0.158. The van der Waals surface area contributed by atoms with Gasteiger partial charge in [-0.25, -0.2) is 9.59 Å². The lowest BCUT2D eigenvalue weighted by Gasteiger charge is -2.33. The van der Waals surface area contributed by atoms with E-state index >= 15 is 0 Å². The zero-order chi connectivity index (χ0) is 13.4. The van der Waals surface area contributed by atoms with Crippen molar-refractivity contribution >= 4 is 11.9 Å². The number of hydrogen-bond donors (Lipinski definition) is 1. The molecule has 0 aromatic rings. The normalized spacial score (nSPS) is 18.7. The van der Waals surface area contributed by atoms with Gasteiger partial charge in [0.1, 0.15) is 0 Å². The van der Waals surface area contributed by atoms with E-state index in [1.807, 2.05) is 11.8 Å². The molecule has 0 aromatic carbocycles. The van der Waals surface area contributed by atoms with Crippen LogP contribution < -0.4 is 0 Å². The predicted molar refractivity (Wildman–Crippen MR) is 64.0 cm³/mol. The minimum Gasteiger partial charge on any atom is -0.478 e. The Morgan fingerprint density at radius 3 is 2.61 bits per heavy atom. The van der Waals surface area contributed by atoms with Crippen LogP contribution in [0.5, 0.6) is 0 Å². The van der Waals surface area contributed by atoms with Crippen LogP contribution in [-0.2, 0) is 19.1 Å². The number of aliphatic carboxylic acids is 1. The molecule has 1 aliphatic rings. The molecule has 0 aliphatic carbocycles. The van der Waals surface area contributed by atoms with E-state index in [2.05, 4.69) is 0 Å². The Labute approximate surface area is 106 Å². The lowest BCUT2D eigenvalue weighted by atomic mass is 10.2. The highest BCUT2D eigenvalue weighted by Crippen LogP contribution is 2.11. The summed E-state index contributed by atoms with van der Waals surface area (Å²) in [5.74, 6) is -1.78. The minimum absolute atomic E-state index is 0.301. The molecule has 1 aliphatic heterocycles. The fourth-order valence-electron chi connectivity index (χ4n) is 1.74. The van der Waals surface area contributed by atoms with Crippen LogP contribution in [0.2, 0.25) is 0 Å². The highest BCUT2D eigenvalue weighted by molar-refractivity contribution is 5.90. The van der Waals surface area contributed by atoms with E-state index < -0.39 is 11.9 Å². The largest absolute Gasteiger partial charge is 0.478 e. The monoisotopic (exact) mass is 257 g/mol. The summed E-state index contributed by atoms with van der Waals surface area (Å²) >= 11 is 0. The van der Waals surface area contributed by atoms with Gasteiger partial charge in [0.2, 0.25) is 0 Å². The number of morpholine rings is 1. The topological polar surface area (TPSA) is 76.1 Å². The SMILES string of the molecule is CCCC(OC(=O)C=CC(=O)O)N1CCOCC1. The molecule has 1 N–H and O–H groups in total. The van der Waals surface area contributed by atoms with Gasteiger partial charge in [-0.15, -0.1) is 0 Å². The minimum atomic E-state index is -1.16. The second kappa shape index (κ2) is 7.84. The molecule has 102 valence electrons. The maximum Gasteiger partial charge on any atom is 0.332 e. The first-order valence-corrected chi connectivity index (χ1v) is 6.07. The Bertz CT molecular complexity index is 310. The Kier molecular flexibility index (Phi) is 6.38. The summed E-state index contributed by atoms with van der Waals surface area (Å²) in [5, 5.41) is 8.43. The third kappa shape index (κ3) is 5.29. The summed E-state index contributed by atoms with van der Waals surface area (Å²) in [6.07, 6.45) is 3.03. The average molecular weight is 257 g/mol. The van der Waals surface area contributed by atoms with Gasteiger partial charge in [0.05, 0.1) is 13.2 Å². The molecule has 0 amide bonds. The predicted octanol–water partition coefficient (Wildman–Crippen LogP) is 0.629. The molecule has 6 heteroatoms. The van der Waals surface area contributed by atoms with Crippen LogP contribution in [0.3, 0.4) is 0 Å². The molecule has 6 nitrogen and oxygen atoms in total. The quantitative estimate of drug-likeness (QED) is 0.555. The number of carboxylic acid groups (broad SMARTS) is 1. The zero-order valence-electron chi connectivity index (χ0n) is 10.5. The Hall–Kier alpha value is -1.40. The number of esters is 1. The first-order valence-electron chi connectivity index (χ1n) is 6.07. The summed E-state index contributed by atoms with van der Waals surface area (Å²) in [4.78, 5) is 23.8. The van der Waals surface area contributed by atoms with Crippen molar-refractivity contribution in [1.29, 1.82) is 0 Å². The molecular formula is C12H19NO5. The molecule has 1 unspecified atom stereocenters. The summed E-state index contributed by atoms with van der Waals surface area (Å²) in [7, 11) is 0. The molecule has 0 spiro atoms. The van der Waals surface area contributed by atoms with Crippen molar-refractivity contribution in [3.8, 4) is 0 Å². The van der Waals surface area contributed by atoms with E-state index in [1.54, 1.807) is 0 Å². The van der Waals surface area contributed by atoms with E-state index in [9.17, 15) is 9.59 Å². The smallest absolute Gasteiger partial charge is 0.332 e. The molecule has 1 heterocycles. The van der Waals surface area contributed by atoms with E-state index in [4.69, 9.17) is 14.6 Å². The van der Waals surface area contributed by atoms with Crippen LogP contribution in [0, 0.1) is 0 Å². The first kappa shape index (κ1) is 14.7. The molecule has 1 saturated heterocycles. The Morgan fingerprint density at radius 2 is 2.06 bits per heavy atom. The first-order chi connectivity index (χ1) is 8.63. The molecule has 1 atom stereocenters. The molecule has 1 fully saturated rings. The number of hydrogen-bond acceptors (Lipinski definition) is 5. The Morgan fingerprint density at radius 1 is 1.39 bits per heavy atom. The molecule has 18 heavy (non-hydrogen) atoms. The van der Waals surface area contributed by atoms with Crippen molar-refractivity contribution < 1.29 is 24.2 Å². The highest BCUT2D eigenvalue weighted by Gasteiger charge is 2.22. The van der Waals surface area contributed by atoms with Crippen LogP contribution in [0.4, 0.5) is 0 Å². The van der Waals surface area contributed by atoms with Crippen molar-refractivity contribution in [3.05, 3.63) is 12.2 Å². The van der Waals surface area contributed by atoms with Crippen molar-refractivity contribution in [2.45, 2.75) is 26.0 Å². The fraction of sp³-hybridized carbons (Fsp3) is 0.667. The number of carbonyl (C=O) groups excluding carboxylic acids is 1. The second-order valence-corrected chi connectivity index (χ2v) is 4.00. The summed E-state index contributed by atoms with van der Waals surface area (Å²) < 4.78 is 10.5. The standard InChI is InChI=1S/C12H19NO5/c1-2-3-10(13-6-8-17-9-7-13)18-12(16)5-4-11(14)15/h4-5,10H,2-3,6-9H2,1H3,(H,14,15). The molecule has 0 saturated carbocycles. The van der Waals surface area contributed by atoms with Crippen LogP contribution >= 0.6 is 0 Å². The summed E-state index contributed by atoms with van der Waals surface area (Å²) in [5.41, 5.74) is 0. The van der Waals surface area contributed by atoms with Gasteiger partial charge < -0.3 is 14.6 Å². The van der Waals surface area contributed by atoms with Gasteiger partial charge >= 0.3 is 11.9 Å². The van der Waals surface area contributed by atoms with E-state index in [-0.39, 0.29) is 6.23 Å². The number of carbonyl (C=O) groups is 2. The van der Waals surface area contributed by atoms with Gasteiger partial charge in [-0.3, -0.25) is 4.90 Å². The molecule has 0 bridgehead atoms. The number of nitrogens with zero attached hydrogens (tertiary/aromatic N) is 1. The van der Waals surface area contributed by atoms with E-state index in [1.165, 1.54) is 0 Å². The highest BCUT2D eigenvalue weighted by atomic mass is 16.6. The lowest BCUT2D eigenvalue weighted by Crippen LogP contribution is -2.45. The fourth-order valence-corrected chi connectivity index (χ4v) is 1.74. The zero-order valence-corrected chi connectivity index (χ0v) is 10.5. The molecule has 1 rings (SSSR count). The van der Waals surface area contributed by atoms with Crippen LogP contribution in [0.1, 0.15) is 19.8 Å². The summed E-state index contributed by atoms with van der Waals surface area (Å²) in [6.45, 7) is 4.71. The third-order valence-corrected chi connectivity index (χ3v) is 2.60. The number of rotatable bonds is 6. The van der Waals surface area contributed by atoms with Crippen LogP contribution in [-0.4, -0.2) is 54.5 Å². The van der Waals surface area contributed by atoms with Crippen molar-refractivity contribution in [3.63, 3.8) is 0 Å². The van der Waals surface area contributed by atoms with Crippen LogP contribution in [0.25, 0.3) is 0 Å². The average Bonchev–Trinajstić information content (AvgIpc) is 2.37. The van der Waals surface area contributed by atoms with Crippen LogP contribution in [0.15, 0.2) is 12.2 Å². The van der Waals surface area contributed by atoms with Gasteiger partial charge in [0.15, 0.2) is 6.23 Å². The van der Waals surface area contributed by atoms with E-state index in [0.717, 1.165) is 38.1 Å². The van der Waals surface area contributed by atoms with Crippen molar-refractivity contribution in [2.24, 2.45) is 0 Å². The van der Waals surface area contributed by atoms with Gasteiger partial charge in [0.25, 0.3) is 0 Å². The second-order valence-electron chi connectivity index (χ2n) is 4.00. The van der Waals surface area contributed by atoms with Gasteiger partial charge in [-0.2, -0.15) is 0 Å². The van der Waals surface area contributed by atoms with Crippen molar-refractivity contribution in [1.82, 2.24) is 4.90 Å².